The highest BCUT2D eigenvalue weighted by Crippen LogP contribution is 2.52. The molecule has 5 rings (SSSR count). The number of allylic oxidation sites excluding steroid dienone is 2. The van der Waals surface area contributed by atoms with E-state index < -0.39 is 11.5 Å². The molecule has 1 unspecified atom stereocenters. The van der Waals surface area contributed by atoms with Crippen LogP contribution >= 0.6 is 0 Å². The number of benzene rings is 2. The van der Waals surface area contributed by atoms with Crippen LogP contribution in [0, 0.1) is 5.41 Å². The number of fused-ring (bicyclic) bond motifs is 3. The van der Waals surface area contributed by atoms with Gasteiger partial charge in [0, 0.05) is 34.6 Å². The Morgan fingerprint density at radius 3 is 2.29 bits per heavy atom. The highest BCUT2D eigenvalue weighted by Gasteiger charge is 2.43. The normalized spacial score (nSPS) is 18.7. The molecule has 0 radical (unpaired) electrons. The van der Waals surface area contributed by atoms with Gasteiger partial charge in [-0.2, -0.15) is 0 Å². The topological polar surface area (TPSA) is 87.0 Å². The Hall–Kier alpha value is -3.74. The van der Waals surface area contributed by atoms with Crippen molar-refractivity contribution >= 4 is 22.4 Å². The molecule has 2 aromatic carbocycles. The Bertz CT molecular complexity index is 1390. The van der Waals surface area contributed by atoms with E-state index >= 15 is 0 Å². The zero-order chi connectivity index (χ0) is 24.2. The van der Waals surface area contributed by atoms with E-state index in [9.17, 15) is 9.59 Å². The Kier molecular flexibility index (Phi) is 5.15. The van der Waals surface area contributed by atoms with Gasteiger partial charge in [0.15, 0.2) is 17.3 Å². The van der Waals surface area contributed by atoms with E-state index in [-0.39, 0.29) is 11.2 Å². The molecule has 1 atom stereocenters. The van der Waals surface area contributed by atoms with Gasteiger partial charge < -0.3 is 23.9 Å². The molecule has 1 aliphatic heterocycles. The van der Waals surface area contributed by atoms with Crippen molar-refractivity contribution in [2.45, 2.75) is 32.6 Å². The highest BCUT2D eigenvalue weighted by atomic mass is 16.5. The average molecular weight is 462 g/mol. The van der Waals surface area contributed by atoms with Gasteiger partial charge in [-0.25, -0.2) is 4.79 Å². The summed E-state index contributed by atoms with van der Waals surface area (Å²) in [5.74, 6) is 0.980. The van der Waals surface area contributed by atoms with Gasteiger partial charge in [0.25, 0.3) is 0 Å². The molecule has 7 nitrogen and oxygen atoms in total. The Labute approximate surface area is 197 Å². The maximum Gasteiger partial charge on any atom is 0.360 e. The molecule has 0 spiro atoms. The fraction of sp³-hybridized carbons (Fsp3) is 0.333. The minimum Gasteiger partial charge on any atom is -0.493 e. The summed E-state index contributed by atoms with van der Waals surface area (Å²) < 4.78 is 22.3. The van der Waals surface area contributed by atoms with Gasteiger partial charge in [-0.3, -0.25) is 4.79 Å². The van der Waals surface area contributed by atoms with E-state index in [0.29, 0.717) is 52.5 Å². The van der Waals surface area contributed by atoms with Gasteiger partial charge in [-0.05, 0) is 35.6 Å². The second-order valence-electron chi connectivity index (χ2n) is 9.52. The molecule has 0 fully saturated rings. The molecule has 1 N–H and O–H groups in total. The SMILES string of the molecule is COc1cc(C2C3=C(CC(C)(C)CC3=O)Nc3c2c2ccccc2oc3=O)cc(OC)c1OC. The molecule has 2 heterocycles. The highest BCUT2D eigenvalue weighted by molar-refractivity contribution is 6.03. The fourth-order valence-corrected chi connectivity index (χ4v) is 5.27. The van der Waals surface area contributed by atoms with Crippen LogP contribution in [-0.4, -0.2) is 27.1 Å². The van der Waals surface area contributed by atoms with Gasteiger partial charge in [0.2, 0.25) is 5.75 Å². The van der Waals surface area contributed by atoms with E-state index in [2.05, 4.69) is 19.2 Å². The molecule has 0 bridgehead atoms. The average Bonchev–Trinajstić information content (AvgIpc) is 2.81. The van der Waals surface area contributed by atoms with Crippen molar-refractivity contribution in [2.75, 3.05) is 26.6 Å². The first-order chi connectivity index (χ1) is 16.3. The first-order valence-electron chi connectivity index (χ1n) is 11.2. The number of methoxy groups -OCH3 is 3. The second kappa shape index (κ2) is 7.94. The maximum atomic E-state index is 13.6. The Morgan fingerprint density at radius 1 is 0.971 bits per heavy atom. The number of carbonyl (C=O) groups excluding carboxylic acids is 1. The summed E-state index contributed by atoms with van der Waals surface area (Å²) in [4.78, 5) is 26.7. The Morgan fingerprint density at radius 2 is 1.65 bits per heavy atom. The van der Waals surface area contributed by atoms with Crippen molar-refractivity contribution in [2.24, 2.45) is 5.41 Å². The number of rotatable bonds is 4. The van der Waals surface area contributed by atoms with Crippen LogP contribution in [0.4, 0.5) is 5.69 Å². The van der Waals surface area contributed by atoms with Gasteiger partial charge in [-0.1, -0.05) is 32.0 Å². The minimum atomic E-state index is -0.502. The molecular weight excluding hydrogens is 434 g/mol. The van der Waals surface area contributed by atoms with Gasteiger partial charge in [-0.15, -0.1) is 0 Å². The minimum absolute atomic E-state index is 0.0560. The summed E-state index contributed by atoms with van der Waals surface area (Å²) in [6.07, 6.45) is 1.06. The number of anilines is 1. The molecule has 34 heavy (non-hydrogen) atoms. The van der Waals surface area contributed by atoms with Crippen molar-refractivity contribution in [3.05, 3.63) is 69.2 Å². The molecule has 7 heteroatoms. The van der Waals surface area contributed by atoms with Crippen molar-refractivity contribution in [3.8, 4) is 17.2 Å². The molecule has 1 aromatic heterocycles. The zero-order valence-corrected chi connectivity index (χ0v) is 19.9. The van der Waals surface area contributed by atoms with Gasteiger partial charge in [0.1, 0.15) is 11.3 Å². The van der Waals surface area contributed by atoms with Crippen LogP contribution in [0.2, 0.25) is 0 Å². The van der Waals surface area contributed by atoms with E-state index in [1.165, 1.54) is 0 Å². The quantitative estimate of drug-likeness (QED) is 0.546. The Balaban J connectivity index is 1.88. The number of nitrogens with one attached hydrogen (secondary N) is 1. The number of ether oxygens (including phenoxy) is 3. The number of Topliss-reactive ketones (excluding diaryl/α,β-unsaturated/α-hetero) is 1. The molecular formula is C27H27NO6. The lowest BCUT2D eigenvalue weighted by Crippen LogP contribution is -2.35. The van der Waals surface area contributed by atoms with E-state index in [0.717, 1.165) is 16.6 Å². The lowest BCUT2D eigenvalue weighted by molar-refractivity contribution is -0.118. The largest absolute Gasteiger partial charge is 0.493 e. The summed E-state index contributed by atoms with van der Waals surface area (Å²) in [7, 11) is 4.66. The number of carbonyl (C=O) groups is 1. The van der Waals surface area contributed by atoms with E-state index in [1.54, 1.807) is 27.4 Å². The molecule has 1 aliphatic carbocycles. The van der Waals surface area contributed by atoms with Crippen LogP contribution in [0.15, 0.2) is 56.9 Å². The third-order valence-electron chi connectivity index (χ3n) is 6.65. The number of para-hydroxylation sites is 1. The van der Waals surface area contributed by atoms with Crippen LogP contribution in [0.3, 0.4) is 0 Å². The molecule has 0 saturated heterocycles. The van der Waals surface area contributed by atoms with E-state index in [4.69, 9.17) is 18.6 Å². The third-order valence-corrected chi connectivity index (χ3v) is 6.65. The monoisotopic (exact) mass is 461 g/mol. The van der Waals surface area contributed by atoms with E-state index in [1.807, 2.05) is 30.3 Å². The van der Waals surface area contributed by atoms with Crippen LogP contribution < -0.4 is 25.2 Å². The van der Waals surface area contributed by atoms with Crippen molar-refractivity contribution < 1.29 is 23.4 Å². The summed E-state index contributed by atoms with van der Waals surface area (Å²) in [5, 5.41) is 4.06. The van der Waals surface area contributed by atoms with Crippen molar-refractivity contribution in [1.82, 2.24) is 0 Å². The molecule has 2 aliphatic rings. The van der Waals surface area contributed by atoms with Crippen LogP contribution in [0.1, 0.15) is 43.7 Å². The molecule has 0 saturated carbocycles. The molecule has 3 aromatic rings. The number of hydrogen-bond donors (Lipinski definition) is 1. The standard InChI is InChI=1S/C27H27NO6/c1-27(2)12-16-23(17(29)13-27)21(14-10-19(31-3)25(33-5)20(11-14)32-4)22-15-8-6-7-9-18(15)34-26(30)24(22)28-16/h6-11,21,28H,12-13H2,1-5H3. The molecule has 176 valence electrons. The van der Waals surface area contributed by atoms with Crippen LogP contribution in [0.25, 0.3) is 11.0 Å². The number of ketones is 1. The predicted molar refractivity (Wildman–Crippen MR) is 129 cm³/mol. The smallest absolute Gasteiger partial charge is 0.360 e. The van der Waals surface area contributed by atoms with Gasteiger partial charge >= 0.3 is 5.63 Å². The molecule has 0 amide bonds. The summed E-state index contributed by atoms with van der Waals surface area (Å²) >= 11 is 0. The fourth-order valence-electron chi connectivity index (χ4n) is 5.27. The summed E-state index contributed by atoms with van der Waals surface area (Å²) in [5.41, 5.74) is 3.05. The zero-order valence-electron chi connectivity index (χ0n) is 19.9. The van der Waals surface area contributed by atoms with Crippen molar-refractivity contribution in [1.29, 1.82) is 0 Å². The lowest BCUT2D eigenvalue weighted by Gasteiger charge is -2.39. The van der Waals surface area contributed by atoms with Crippen LogP contribution in [-0.2, 0) is 4.79 Å². The van der Waals surface area contributed by atoms with Crippen molar-refractivity contribution in [3.63, 3.8) is 0 Å². The first-order valence-corrected chi connectivity index (χ1v) is 11.2. The second-order valence-corrected chi connectivity index (χ2v) is 9.52. The maximum absolute atomic E-state index is 13.6. The first kappa shape index (κ1) is 22.1. The summed E-state index contributed by atoms with van der Waals surface area (Å²) in [6.45, 7) is 4.12. The lowest BCUT2D eigenvalue weighted by atomic mass is 9.68. The van der Waals surface area contributed by atoms with Gasteiger partial charge in [0.05, 0.1) is 21.3 Å². The summed E-state index contributed by atoms with van der Waals surface area (Å²) in [6, 6.07) is 11.1. The van der Waals surface area contributed by atoms with Crippen LogP contribution in [0.5, 0.6) is 17.2 Å². The third kappa shape index (κ3) is 3.34. The number of hydrogen-bond acceptors (Lipinski definition) is 7. The predicted octanol–water partition coefficient (Wildman–Crippen LogP) is 5.02.